The van der Waals surface area contributed by atoms with Gasteiger partial charge in [-0.15, -0.1) is 0 Å². The van der Waals surface area contributed by atoms with Gasteiger partial charge < -0.3 is 9.64 Å². The summed E-state index contributed by atoms with van der Waals surface area (Å²) in [6, 6.07) is 15.6. The molecule has 1 fully saturated rings. The summed E-state index contributed by atoms with van der Waals surface area (Å²) in [6.07, 6.45) is 3.45. The first-order chi connectivity index (χ1) is 12.7. The number of benzene rings is 2. The van der Waals surface area contributed by atoms with Crippen molar-refractivity contribution in [2.75, 3.05) is 33.3 Å². The molecular weight excluding hydrogens is 348 g/mol. The molecule has 136 valence electrons. The van der Waals surface area contributed by atoms with Crippen molar-refractivity contribution >= 4 is 23.6 Å². The molecule has 2 aromatic carbocycles. The van der Waals surface area contributed by atoms with E-state index in [-0.39, 0.29) is 5.91 Å². The summed E-state index contributed by atoms with van der Waals surface area (Å²) in [5.41, 5.74) is 2.11. The number of halogens is 1. The molecule has 0 radical (unpaired) electrons. The van der Waals surface area contributed by atoms with Gasteiger partial charge in [0.15, 0.2) is 0 Å². The average Bonchev–Trinajstić information content (AvgIpc) is 2.67. The topological polar surface area (TPSA) is 32.8 Å². The van der Waals surface area contributed by atoms with Gasteiger partial charge in [-0.1, -0.05) is 41.9 Å². The van der Waals surface area contributed by atoms with Gasteiger partial charge in [-0.05, 0) is 29.8 Å². The minimum absolute atomic E-state index is 0.0401. The molecule has 26 heavy (non-hydrogen) atoms. The number of rotatable bonds is 5. The number of hydrogen-bond donors (Lipinski definition) is 0. The van der Waals surface area contributed by atoms with Crippen molar-refractivity contribution in [2.45, 2.75) is 6.54 Å². The molecule has 1 aliphatic heterocycles. The zero-order valence-corrected chi connectivity index (χ0v) is 15.7. The first kappa shape index (κ1) is 18.5. The molecule has 1 aliphatic rings. The lowest BCUT2D eigenvalue weighted by atomic mass is 10.1. The van der Waals surface area contributed by atoms with E-state index in [1.165, 1.54) is 5.56 Å². The molecule has 4 nitrogen and oxygen atoms in total. The summed E-state index contributed by atoms with van der Waals surface area (Å²) >= 11 is 6.05. The second-order valence-electron chi connectivity index (χ2n) is 6.31. The third kappa shape index (κ3) is 4.87. The number of piperazine rings is 1. The van der Waals surface area contributed by atoms with E-state index in [0.717, 1.165) is 49.1 Å². The molecule has 2 aromatic rings. The standard InChI is InChI=1S/C21H23ClN2O2/c1-26-20-8-3-2-6-18(20)9-10-21(25)24-13-11-23(12-14-24)16-17-5-4-7-19(22)15-17/h2-10,15H,11-14,16H2,1H3/b10-9+. The molecule has 0 atom stereocenters. The van der Waals surface area contributed by atoms with Crippen LogP contribution in [0.1, 0.15) is 11.1 Å². The van der Waals surface area contributed by atoms with E-state index in [9.17, 15) is 4.79 Å². The number of ether oxygens (including phenoxy) is 1. The van der Waals surface area contributed by atoms with Crippen molar-refractivity contribution in [3.05, 3.63) is 70.8 Å². The van der Waals surface area contributed by atoms with Crippen LogP contribution < -0.4 is 4.74 Å². The Morgan fingerprint density at radius 2 is 1.88 bits per heavy atom. The number of para-hydroxylation sites is 1. The molecule has 3 rings (SSSR count). The lowest BCUT2D eigenvalue weighted by molar-refractivity contribution is -0.127. The van der Waals surface area contributed by atoms with Crippen molar-refractivity contribution < 1.29 is 9.53 Å². The number of nitrogens with zero attached hydrogens (tertiary/aromatic N) is 2. The number of hydrogen-bond acceptors (Lipinski definition) is 3. The maximum Gasteiger partial charge on any atom is 0.246 e. The molecule has 0 unspecified atom stereocenters. The summed E-state index contributed by atoms with van der Waals surface area (Å²) in [7, 11) is 1.63. The summed E-state index contributed by atoms with van der Waals surface area (Å²) in [5.74, 6) is 0.807. The number of carbonyl (C=O) groups is 1. The third-order valence-electron chi connectivity index (χ3n) is 4.52. The zero-order chi connectivity index (χ0) is 18.4. The maximum absolute atomic E-state index is 12.4. The van der Waals surface area contributed by atoms with Crippen LogP contribution in [0.15, 0.2) is 54.6 Å². The second-order valence-corrected chi connectivity index (χ2v) is 6.74. The molecular formula is C21H23ClN2O2. The molecule has 0 aliphatic carbocycles. The van der Waals surface area contributed by atoms with E-state index < -0.39 is 0 Å². The zero-order valence-electron chi connectivity index (χ0n) is 14.9. The molecule has 1 amide bonds. The monoisotopic (exact) mass is 370 g/mol. The molecule has 0 aromatic heterocycles. The van der Waals surface area contributed by atoms with Gasteiger partial charge >= 0.3 is 0 Å². The van der Waals surface area contributed by atoms with Gasteiger partial charge in [-0.3, -0.25) is 9.69 Å². The van der Waals surface area contributed by atoms with Gasteiger partial charge in [0.25, 0.3) is 0 Å². The van der Waals surface area contributed by atoms with Gasteiger partial charge in [0.05, 0.1) is 7.11 Å². The number of carbonyl (C=O) groups excluding carboxylic acids is 1. The Balaban J connectivity index is 1.52. The minimum atomic E-state index is 0.0401. The van der Waals surface area contributed by atoms with Crippen molar-refractivity contribution in [3.8, 4) is 5.75 Å². The third-order valence-corrected chi connectivity index (χ3v) is 4.76. The molecule has 0 bridgehead atoms. The summed E-state index contributed by atoms with van der Waals surface area (Å²) in [4.78, 5) is 16.7. The summed E-state index contributed by atoms with van der Waals surface area (Å²) < 4.78 is 5.31. The van der Waals surface area contributed by atoms with Crippen molar-refractivity contribution in [1.29, 1.82) is 0 Å². The lowest BCUT2D eigenvalue weighted by Gasteiger charge is -2.34. The summed E-state index contributed by atoms with van der Waals surface area (Å²) in [6.45, 7) is 4.05. The number of methoxy groups -OCH3 is 1. The fourth-order valence-electron chi connectivity index (χ4n) is 3.09. The molecule has 1 saturated heterocycles. The van der Waals surface area contributed by atoms with Crippen LogP contribution in [0.2, 0.25) is 5.02 Å². The Morgan fingerprint density at radius 3 is 2.62 bits per heavy atom. The second kappa shape index (κ2) is 8.88. The largest absolute Gasteiger partial charge is 0.496 e. The van der Waals surface area contributed by atoms with Crippen molar-refractivity contribution in [1.82, 2.24) is 9.80 Å². The predicted octanol–water partition coefficient (Wildman–Crippen LogP) is 3.71. The summed E-state index contributed by atoms with van der Waals surface area (Å²) in [5, 5.41) is 0.762. The van der Waals surface area contributed by atoms with E-state index in [0.29, 0.717) is 0 Å². The molecule has 0 saturated carbocycles. The van der Waals surface area contributed by atoms with E-state index in [1.807, 2.05) is 53.4 Å². The maximum atomic E-state index is 12.4. The van der Waals surface area contributed by atoms with Crippen LogP contribution >= 0.6 is 11.6 Å². The fraction of sp³-hybridized carbons (Fsp3) is 0.286. The quantitative estimate of drug-likeness (QED) is 0.752. The lowest BCUT2D eigenvalue weighted by Crippen LogP contribution is -2.47. The first-order valence-corrected chi connectivity index (χ1v) is 9.10. The highest BCUT2D eigenvalue weighted by Crippen LogP contribution is 2.19. The van der Waals surface area contributed by atoms with Gasteiger partial charge in [0, 0.05) is 49.4 Å². The van der Waals surface area contributed by atoms with Gasteiger partial charge in [-0.25, -0.2) is 0 Å². The van der Waals surface area contributed by atoms with Gasteiger partial charge in [-0.2, -0.15) is 0 Å². The number of amides is 1. The first-order valence-electron chi connectivity index (χ1n) is 8.72. The van der Waals surface area contributed by atoms with E-state index in [1.54, 1.807) is 13.2 Å². The Labute approximate surface area is 159 Å². The van der Waals surface area contributed by atoms with Crippen molar-refractivity contribution in [2.24, 2.45) is 0 Å². The Kier molecular flexibility index (Phi) is 6.31. The Bertz CT molecular complexity index is 783. The highest BCUT2D eigenvalue weighted by molar-refractivity contribution is 6.30. The normalized spacial score (nSPS) is 15.4. The molecule has 5 heteroatoms. The Morgan fingerprint density at radius 1 is 1.12 bits per heavy atom. The van der Waals surface area contributed by atoms with Crippen LogP contribution in [0.5, 0.6) is 5.75 Å². The molecule has 0 N–H and O–H groups in total. The van der Waals surface area contributed by atoms with E-state index >= 15 is 0 Å². The van der Waals surface area contributed by atoms with Crippen LogP contribution in [0.25, 0.3) is 6.08 Å². The average molecular weight is 371 g/mol. The van der Waals surface area contributed by atoms with E-state index in [2.05, 4.69) is 11.0 Å². The SMILES string of the molecule is COc1ccccc1/C=C/C(=O)N1CCN(Cc2cccc(Cl)c2)CC1. The van der Waals surface area contributed by atoms with Crippen LogP contribution in [0.4, 0.5) is 0 Å². The van der Waals surface area contributed by atoms with E-state index in [4.69, 9.17) is 16.3 Å². The predicted molar refractivity (Wildman–Crippen MR) is 105 cm³/mol. The Hall–Kier alpha value is -2.30. The highest BCUT2D eigenvalue weighted by atomic mass is 35.5. The smallest absolute Gasteiger partial charge is 0.246 e. The van der Waals surface area contributed by atoms with Gasteiger partial charge in [0.1, 0.15) is 5.75 Å². The molecule has 0 spiro atoms. The van der Waals surface area contributed by atoms with Crippen LogP contribution in [0, 0.1) is 0 Å². The van der Waals surface area contributed by atoms with Crippen LogP contribution in [-0.4, -0.2) is 49.0 Å². The van der Waals surface area contributed by atoms with Crippen molar-refractivity contribution in [3.63, 3.8) is 0 Å². The minimum Gasteiger partial charge on any atom is -0.496 e. The van der Waals surface area contributed by atoms with Crippen LogP contribution in [-0.2, 0) is 11.3 Å². The van der Waals surface area contributed by atoms with Crippen LogP contribution in [0.3, 0.4) is 0 Å². The van der Waals surface area contributed by atoms with Gasteiger partial charge in [0.2, 0.25) is 5.91 Å². The highest BCUT2D eigenvalue weighted by Gasteiger charge is 2.19. The fourth-order valence-corrected chi connectivity index (χ4v) is 3.30. The molecule has 1 heterocycles.